The van der Waals surface area contributed by atoms with E-state index < -0.39 is 0 Å². The Morgan fingerprint density at radius 2 is 1.89 bits per heavy atom. The Kier molecular flexibility index (Phi) is 5.09. The molecule has 0 fully saturated rings. The van der Waals surface area contributed by atoms with Gasteiger partial charge in [-0.3, -0.25) is 5.10 Å². The van der Waals surface area contributed by atoms with E-state index in [0.29, 0.717) is 22.9 Å². The molecule has 2 heterocycles. The number of hydrogen-bond donors (Lipinski definition) is 3. The number of H-pyrrole nitrogens is 1. The molecule has 1 atom stereocenters. The van der Waals surface area contributed by atoms with Crippen LogP contribution in [0, 0.1) is 13.8 Å². The number of fused-ring (bicyclic) bond motifs is 2. The van der Waals surface area contributed by atoms with Crippen LogP contribution in [0.5, 0.6) is 11.5 Å². The minimum atomic E-state index is -0.0215. The normalized spacial score (nSPS) is 12.0. The van der Waals surface area contributed by atoms with Crippen LogP contribution in [0.4, 0.5) is 5.82 Å². The molecule has 28 heavy (non-hydrogen) atoms. The van der Waals surface area contributed by atoms with E-state index >= 15 is 0 Å². The molecule has 2 aromatic heterocycles. The Hall–Kier alpha value is -3.35. The molecule has 0 saturated carbocycles. The molecule has 146 valence electrons. The highest BCUT2D eigenvalue weighted by atomic mass is 16.5. The van der Waals surface area contributed by atoms with Crippen molar-refractivity contribution >= 4 is 27.6 Å². The van der Waals surface area contributed by atoms with Crippen molar-refractivity contribution in [2.75, 3.05) is 12.4 Å². The molecule has 0 aliphatic heterocycles. The van der Waals surface area contributed by atoms with Crippen molar-refractivity contribution in [1.82, 2.24) is 20.2 Å². The third-order valence-electron chi connectivity index (χ3n) is 4.66. The molecular weight excluding hydrogens is 354 g/mol. The molecule has 2 aromatic carbocycles. The number of aromatic nitrogens is 4. The van der Waals surface area contributed by atoms with Gasteiger partial charge in [-0.1, -0.05) is 13.5 Å². The molecule has 7 heteroatoms. The highest BCUT2D eigenvalue weighted by molar-refractivity contribution is 5.92. The van der Waals surface area contributed by atoms with E-state index in [2.05, 4.69) is 51.5 Å². The van der Waals surface area contributed by atoms with Crippen LogP contribution in [-0.2, 0) is 0 Å². The molecule has 0 radical (unpaired) electrons. The van der Waals surface area contributed by atoms with Gasteiger partial charge in [0.1, 0.15) is 11.6 Å². The minimum Gasteiger partial charge on any atom is -0.504 e. The van der Waals surface area contributed by atoms with Gasteiger partial charge >= 0.3 is 0 Å². The maximum absolute atomic E-state index is 10.2. The van der Waals surface area contributed by atoms with Crippen molar-refractivity contribution < 1.29 is 9.84 Å². The maximum atomic E-state index is 10.2. The molecule has 3 N–H and O–H groups in total. The first-order chi connectivity index (χ1) is 13.0. The Labute approximate surface area is 163 Å². The topological polar surface area (TPSA) is 96.0 Å². The lowest BCUT2D eigenvalue weighted by atomic mass is 10.0. The summed E-state index contributed by atoms with van der Waals surface area (Å²) in [5.74, 6) is 1.75. The SMILES string of the molecule is C.COc1cc2nc(C)nc(NC(C)c3cc(C)cc4[nH]ncc34)c2cc1O. The molecule has 0 aliphatic carbocycles. The van der Waals surface area contributed by atoms with E-state index in [1.165, 1.54) is 7.11 Å². The van der Waals surface area contributed by atoms with Gasteiger partial charge in [-0.2, -0.15) is 5.10 Å². The summed E-state index contributed by atoms with van der Waals surface area (Å²) in [6.45, 7) is 5.98. The fourth-order valence-corrected chi connectivity index (χ4v) is 3.40. The number of hydrogen-bond acceptors (Lipinski definition) is 6. The Morgan fingerprint density at radius 3 is 2.64 bits per heavy atom. The molecular formula is C21H25N5O2. The van der Waals surface area contributed by atoms with Gasteiger partial charge in [0.05, 0.1) is 30.4 Å². The number of nitrogens with one attached hydrogen (secondary N) is 2. The van der Waals surface area contributed by atoms with E-state index in [4.69, 9.17) is 4.74 Å². The smallest absolute Gasteiger partial charge is 0.162 e. The molecule has 0 aliphatic rings. The Morgan fingerprint density at radius 1 is 1.11 bits per heavy atom. The van der Waals surface area contributed by atoms with Gasteiger partial charge in [0.15, 0.2) is 11.5 Å². The predicted molar refractivity (Wildman–Crippen MR) is 112 cm³/mol. The summed E-state index contributed by atoms with van der Waals surface area (Å²) in [6, 6.07) is 7.55. The highest BCUT2D eigenvalue weighted by Gasteiger charge is 2.16. The van der Waals surface area contributed by atoms with Gasteiger partial charge in [0.25, 0.3) is 0 Å². The zero-order chi connectivity index (χ0) is 19.1. The zero-order valence-corrected chi connectivity index (χ0v) is 15.7. The first-order valence-corrected chi connectivity index (χ1v) is 8.71. The van der Waals surface area contributed by atoms with Crippen molar-refractivity contribution in [1.29, 1.82) is 0 Å². The van der Waals surface area contributed by atoms with Crippen LogP contribution in [-0.4, -0.2) is 32.4 Å². The average molecular weight is 379 g/mol. The number of nitrogens with zero attached hydrogens (tertiary/aromatic N) is 3. The maximum Gasteiger partial charge on any atom is 0.162 e. The van der Waals surface area contributed by atoms with Crippen LogP contribution in [0.15, 0.2) is 30.5 Å². The lowest BCUT2D eigenvalue weighted by Gasteiger charge is -2.18. The van der Waals surface area contributed by atoms with Gasteiger partial charge in [-0.15, -0.1) is 0 Å². The molecule has 0 spiro atoms. The monoisotopic (exact) mass is 379 g/mol. The quantitative estimate of drug-likeness (QED) is 0.478. The third-order valence-corrected chi connectivity index (χ3v) is 4.66. The fraction of sp³-hybridized carbons (Fsp3) is 0.286. The highest BCUT2D eigenvalue weighted by Crippen LogP contribution is 2.35. The van der Waals surface area contributed by atoms with Gasteiger partial charge < -0.3 is 15.2 Å². The van der Waals surface area contributed by atoms with E-state index in [1.807, 2.05) is 13.1 Å². The molecule has 4 aromatic rings. The van der Waals surface area contributed by atoms with Crippen molar-refractivity contribution in [2.45, 2.75) is 34.2 Å². The summed E-state index contributed by atoms with van der Waals surface area (Å²) in [4.78, 5) is 9.02. The van der Waals surface area contributed by atoms with E-state index in [-0.39, 0.29) is 19.2 Å². The van der Waals surface area contributed by atoms with Crippen LogP contribution in [0.3, 0.4) is 0 Å². The van der Waals surface area contributed by atoms with Crippen molar-refractivity contribution in [3.8, 4) is 11.5 Å². The predicted octanol–water partition coefficient (Wildman–Crippen LogP) is 4.65. The van der Waals surface area contributed by atoms with Crippen LogP contribution >= 0.6 is 0 Å². The second kappa shape index (κ2) is 7.34. The molecule has 0 amide bonds. The van der Waals surface area contributed by atoms with Gasteiger partial charge in [0.2, 0.25) is 0 Å². The standard InChI is InChI=1S/C20H21N5O2.CH4/c1-10-5-13(15-9-21-25-17(15)6-10)11(2)22-20-14-7-18(26)19(27-4)8-16(14)23-12(3)24-20;/h5-9,11,26H,1-4H3,(H,21,25)(H,22,23,24);1H4. The number of methoxy groups -OCH3 is 1. The number of aromatic amines is 1. The van der Waals surface area contributed by atoms with Crippen LogP contribution < -0.4 is 10.1 Å². The summed E-state index contributed by atoms with van der Waals surface area (Å²) in [6.07, 6.45) is 1.84. The van der Waals surface area contributed by atoms with E-state index in [9.17, 15) is 5.11 Å². The average Bonchev–Trinajstić information content (AvgIpc) is 3.09. The number of anilines is 1. The fourth-order valence-electron chi connectivity index (χ4n) is 3.40. The summed E-state index contributed by atoms with van der Waals surface area (Å²) in [5.41, 5.74) is 4.00. The second-order valence-electron chi connectivity index (χ2n) is 6.71. The molecule has 0 saturated heterocycles. The Bertz CT molecular complexity index is 1150. The van der Waals surface area contributed by atoms with Crippen molar-refractivity contribution in [3.63, 3.8) is 0 Å². The first kappa shape index (κ1) is 19.4. The number of rotatable bonds is 4. The van der Waals surface area contributed by atoms with Gasteiger partial charge in [-0.25, -0.2) is 9.97 Å². The number of ether oxygens (including phenoxy) is 1. The van der Waals surface area contributed by atoms with E-state index in [1.54, 1.807) is 12.1 Å². The summed E-state index contributed by atoms with van der Waals surface area (Å²) < 4.78 is 5.19. The van der Waals surface area contributed by atoms with Crippen LogP contribution in [0.1, 0.15) is 37.3 Å². The van der Waals surface area contributed by atoms with Crippen LogP contribution in [0.2, 0.25) is 0 Å². The molecule has 7 nitrogen and oxygen atoms in total. The molecule has 0 bridgehead atoms. The van der Waals surface area contributed by atoms with Crippen molar-refractivity contribution in [2.24, 2.45) is 0 Å². The largest absolute Gasteiger partial charge is 0.504 e. The van der Waals surface area contributed by atoms with E-state index in [0.717, 1.165) is 27.4 Å². The van der Waals surface area contributed by atoms with Crippen LogP contribution in [0.25, 0.3) is 21.8 Å². The number of benzene rings is 2. The zero-order valence-electron chi connectivity index (χ0n) is 15.7. The minimum absolute atomic E-state index is 0. The number of phenolic OH excluding ortho intramolecular Hbond substituents is 1. The van der Waals surface area contributed by atoms with Gasteiger partial charge in [-0.05, 0) is 44.0 Å². The summed E-state index contributed by atoms with van der Waals surface area (Å²) >= 11 is 0. The molecule has 4 rings (SSSR count). The number of phenols is 1. The number of aryl methyl sites for hydroxylation is 2. The lowest BCUT2D eigenvalue weighted by Crippen LogP contribution is -2.10. The summed E-state index contributed by atoms with van der Waals surface area (Å²) in [7, 11) is 1.52. The second-order valence-corrected chi connectivity index (χ2v) is 6.71. The number of aromatic hydroxyl groups is 1. The van der Waals surface area contributed by atoms with Crippen molar-refractivity contribution in [3.05, 3.63) is 47.4 Å². The Balaban J connectivity index is 0.00000225. The third kappa shape index (κ3) is 3.31. The lowest BCUT2D eigenvalue weighted by molar-refractivity contribution is 0.374. The summed E-state index contributed by atoms with van der Waals surface area (Å²) in [5, 5.41) is 22.7. The first-order valence-electron chi connectivity index (χ1n) is 8.71. The molecule has 1 unspecified atom stereocenters. The van der Waals surface area contributed by atoms with Gasteiger partial charge in [0, 0.05) is 16.8 Å².